The van der Waals surface area contributed by atoms with Gasteiger partial charge in [0, 0.05) is 36.7 Å². The Morgan fingerprint density at radius 2 is 2.16 bits per heavy atom. The average molecular weight is 338 g/mol. The molecule has 0 radical (unpaired) electrons. The first-order valence-corrected chi connectivity index (χ1v) is 8.40. The normalized spacial score (nSPS) is 16.7. The Kier molecular flexibility index (Phi) is 4.97. The van der Waals surface area contributed by atoms with E-state index in [1.54, 1.807) is 23.4 Å². The third-order valence-corrected chi connectivity index (χ3v) is 4.61. The van der Waals surface area contributed by atoms with Crippen molar-refractivity contribution < 1.29 is 9.59 Å². The summed E-state index contributed by atoms with van der Waals surface area (Å²) in [7, 11) is 0. The lowest BCUT2D eigenvalue weighted by atomic mass is 10.0. The quantitative estimate of drug-likeness (QED) is 0.874. The topological polar surface area (TPSA) is 88.3 Å². The number of anilines is 1. The van der Waals surface area contributed by atoms with Crippen LogP contribution in [0.3, 0.4) is 0 Å². The molecule has 1 aromatic carbocycles. The fourth-order valence-corrected chi connectivity index (χ4v) is 3.22. The maximum atomic E-state index is 12.9. The summed E-state index contributed by atoms with van der Waals surface area (Å²) in [6, 6.07) is 8.97. The lowest BCUT2D eigenvalue weighted by molar-refractivity contribution is -0.121. The second-order valence-corrected chi connectivity index (χ2v) is 6.25. The van der Waals surface area contributed by atoms with Crippen LogP contribution in [0.25, 0.3) is 0 Å². The fraction of sp³-hybridized carbons (Fsp3) is 0.316. The van der Waals surface area contributed by atoms with Crippen LogP contribution in [0.1, 0.15) is 34.3 Å². The number of rotatable bonds is 5. The van der Waals surface area contributed by atoms with E-state index in [1.807, 2.05) is 31.2 Å². The maximum Gasteiger partial charge on any atom is 0.254 e. The number of amides is 2. The SMILES string of the molecule is Cc1c(NCc2cccnc2)cccc1C(=O)N1CCC[C@@H]1C(N)=O. The Hall–Kier alpha value is -2.89. The van der Waals surface area contributed by atoms with Crippen molar-refractivity contribution in [3.05, 3.63) is 59.4 Å². The van der Waals surface area contributed by atoms with Gasteiger partial charge in [0.2, 0.25) is 5.91 Å². The summed E-state index contributed by atoms with van der Waals surface area (Å²) in [6.45, 7) is 3.10. The zero-order valence-corrected chi connectivity index (χ0v) is 14.2. The van der Waals surface area contributed by atoms with Gasteiger partial charge >= 0.3 is 0 Å². The molecule has 1 aromatic heterocycles. The van der Waals surface area contributed by atoms with Gasteiger partial charge in [-0.15, -0.1) is 0 Å². The van der Waals surface area contributed by atoms with Crippen LogP contribution in [0.5, 0.6) is 0 Å². The minimum absolute atomic E-state index is 0.135. The van der Waals surface area contributed by atoms with E-state index in [-0.39, 0.29) is 5.91 Å². The van der Waals surface area contributed by atoms with E-state index in [2.05, 4.69) is 10.3 Å². The van der Waals surface area contributed by atoms with Gasteiger partial charge in [-0.1, -0.05) is 12.1 Å². The number of benzene rings is 1. The van der Waals surface area contributed by atoms with Gasteiger partial charge in [-0.25, -0.2) is 0 Å². The number of hydrogen-bond acceptors (Lipinski definition) is 4. The third-order valence-electron chi connectivity index (χ3n) is 4.61. The van der Waals surface area contributed by atoms with Crippen molar-refractivity contribution in [1.29, 1.82) is 0 Å². The second kappa shape index (κ2) is 7.34. The first-order valence-electron chi connectivity index (χ1n) is 8.40. The molecule has 2 amide bonds. The Bertz CT molecular complexity index is 776. The van der Waals surface area contributed by atoms with E-state index < -0.39 is 11.9 Å². The molecule has 2 heterocycles. The standard InChI is InChI=1S/C19H22N4O2/c1-13-15(19(25)23-10-4-8-17(23)18(20)24)6-2-7-16(13)22-12-14-5-3-9-21-11-14/h2-3,5-7,9,11,17,22H,4,8,10,12H2,1H3,(H2,20,24)/t17-/m1/s1. The highest BCUT2D eigenvalue weighted by Crippen LogP contribution is 2.25. The summed E-state index contributed by atoms with van der Waals surface area (Å²) >= 11 is 0. The van der Waals surface area contributed by atoms with Crippen molar-refractivity contribution in [3.8, 4) is 0 Å². The minimum atomic E-state index is -0.501. The van der Waals surface area contributed by atoms with Gasteiger partial charge in [-0.2, -0.15) is 0 Å². The van der Waals surface area contributed by atoms with Gasteiger partial charge < -0.3 is 16.0 Å². The van der Waals surface area contributed by atoms with Gasteiger partial charge in [0.05, 0.1) is 0 Å². The molecule has 6 nitrogen and oxygen atoms in total. The van der Waals surface area contributed by atoms with Crippen LogP contribution in [0, 0.1) is 6.92 Å². The molecule has 25 heavy (non-hydrogen) atoms. The lowest BCUT2D eigenvalue weighted by Gasteiger charge is -2.23. The van der Waals surface area contributed by atoms with Crippen LogP contribution in [0.15, 0.2) is 42.7 Å². The second-order valence-electron chi connectivity index (χ2n) is 6.25. The number of nitrogens with one attached hydrogen (secondary N) is 1. The fourth-order valence-electron chi connectivity index (χ4n) is 3.22. The van der Waals surface area contributed by atoms with Crippen LogP contribution in [0.4, 0.5) is 5.69 Å². The molecule has 0 spiro atoms. The van der Waals surface area contributed by atoms with Crippen LogP contribution in [-0.2, 0) is 11.3 Å². The Balaban J connectivity index is 1.78. The molecule has 3 rings (SSSR count). The Morgan fingerprint density at radius 1 is 1.32 bits per heavy atom. The smallest absolute Gasteiger partial charge is 0.254 e. The number of nitrogens with two attached hydrogens (primary N) is 1. The van der Waals surface area contributed by atoms with Gasteiger partial charge in [-0.05, 0) is 49.1 Å². The van der Waals surface area contributed by atoms with Crippen molar-refractivity contribution in [2.24, 2.45) is 5.73 Å². The van der Waals surface area contributed by atoms with Crippen molar-refractivity contribution in [1.82, 2.24) is 9.88 Å². The summed E-state index contributed by atoms with van der Waals surface area (Å²) in [5.41, 5.74) is 8.86. The highest BCUT2D eigenvalue weighted by Gasteiger charge is 2.33. The van der Waals surface area contributed by atoms with Crippen LogP contribution < -0.4 is 11.1 Å². The molecule has 130 valence electrons. The van der Waals surface area contributed by atoms with Crippen molar-refractivity contribution in [3.63, 3.8) is 0 Å². The highest BCUT2D eigenvalue weighted by molar-refractivity contribution is 5.99. The zero-order valence-electron chi connectivity index (χ0n) is 14.2. The monoisotopic (exact) mass is 338 g/mol. The molecule has 3 N–H and O–H groups in total. The number of aromatic nitrogens is 1. The van der Waals surface area contributed by atoms with Crippen molar-refractivity contribution in [2.45, 2.75) is 32.4 Å². The molecule has 1 aliphatic rings. The number of carbonyl (C=O) groups excluding carboxylic acids is 2. The number of hydrogen-bond donors (Lipinski definition) is 2. The van der Waals surface area contributed by atoms with Crippen LogP contribution in [-0.4, -0.2) is 34.3 Å². The lowest BCUT2D eigenvalue weighted by Crippen LogP contribution is -2.43. The van der Waals surface area contributed by atoms with Gasteiger partial charge in [-0.3, -0.25) is 14.6 Å². The molecule has 0 aliphatic carbocycles. The molecule has 0 saturated carbocycles. The van der Waals surface area contributed by atoms with E-state index >= 15 is 0 Å². The molecular weight excluding hydrogens is 316 g/mol. The van der Waals surface area contributed by atoms with Crippen molar-refractivity contribution >= 4 is 17.5 Å². The Labute approximate surface area is 147 Å². The number of likely N-dealkylation sites (tertiary alicyclic amines) is 1. The Morgan fingerprint density at radius 3 is 2.88 bits per heavy atom. The molecule has 1 saturated heterocycles. The van der Waals surface area contributed by atoms with E-state index in [0.717, 1.165) is 23.2 Å². The summed E-state index contributed by atoms with van der Waals surface area (Å²) in [5, 5.41) is 3.35. The van der Waals surface area contributed by atoms with Crippen molar-refractivity contribution in [2.75, 3.05) is 11.9 Å². The molecular formula is C19H22N4O2. The van der Waals surface area contributed by atoms with Crippen LogP contribution >= 0.6 is 0 Å². The molecule has 1 aliphatic heterocycles. The molecule has 1 fully saturated rings. The highest BCUT2D eigenvalue weighted by atomic mass is 16.2. The minimum Gasteiger partial charge on any atom is -0.381 e. The molecule has 0 unspecified atom stereocenters. The summed E-state index contributed by atoms with van der Waals surface area (Å²) in [6.07, 6.45) is 4.98. The predicted octanol–water partition coefficient (Wildman–Crippen LogP) is 2.09. The van der Waals surface area contributed by atoms with Gasteiger partial charge in [0.1, 0.15) is 6.04 Å². The zero-order chi connectivity index (χ0) is 17.8. The van der Waals surface area contributed by atoms with E-state index in [9.17, 15) is 9.59 Å². The van der Waals surface area contributed by atoms with E-state index in [4.69, 9.17) is 5.73 Å². The third kappa shape index (κ3) is 3.63. The van der Waals surface area contributed by atoms with E-state index in [0.29, 0.717) is 25.1 Å². The first-order chi connectivity index (χ1) is 12.1. The summed E-state index contributed by atoms with van der Waals surface area (Å²) in [4.78, 5) is 30.1. The van der Waals surface area contributed by atoms with Gasteiger partial charge in [0.15, 0.2) is 0 Å². The average Bonchev–Trinajstić information content (AvgIpc) is 3.11. The molecule has 0 bridgehead atoms. The number of pyridine rings is 1. The summed E-state index contributed by atoms with van der Waals surface area (Å²) < 4.78 is 0. The first kappa shape index (κ1) is 17.0. The number of primary amides is 1. The molecule has 2 aromatic rings. The number of nitrogens with zero attached hydrogens (tertiary/aromatic N) is 2. The maximum absolute atomic E-state index is 12.9. The molecule has 1 atom stereocenters. The largest absolute Gasteiger partial charge is 0.381 e. The van der Waals surface area contributed by atoms with E-state index in [1.165, 1.54) is 0 Å². The van der Waals surface area contributed by atoms with Gasteiger partial charge in [0.25, 0.3) is 5.91 Å². The predicted molar refractivity (Wildman–Crippen MR) is 96.0 cm³/mol. The van der Waals surface area contributed by atoms with Crippen LogP contribution in [0.2, 0.25) is 0 Å². The number of carbonyl (C=O) groups is 2. The molecule has 6 heteroatoms. The summed E-state index contributed by atoms with van der Waals surface area (Å²) in [5.74, 6) is -0.571.